The predicted octanol–water partition coefficient (Wildman–Crippen LogP) is 3.23. The van der Waals surface area contributed by atoms with E-state index >= 15 is 0 Å². The van der Waals surface area contributed by atoms with Crippen LogP contribution in [0.25, 0.3) is 11.0 Å². The third-order valence-electron chi connectivity index (χ3n) is 3.77. The van der Waals surface area contributed by atoms with Crippen LogP contribution in [0.1, 0.15) is 44.6 Å². The zero-order valence-corrected chi connectivity index (χ0v) is 11.6. The number of nitrogens with one attached hydrogen (secondary N) is 2. The van der Waals surface area contributed by atoms with Crippen molar-refractivity contribution in [1.29, 1.82) is 0 Å². The molecule has 1 aliphatic rings. The Labute approximate surface area is 112 Å². The molecule has 0 spiro atoms. The number of hydrogen-bond donors (Lipinski definition) is 2. The van der Waals surface area contributed by atoms with Crippen LogP contribution in [0.2, 0.25) is 0 Å². The van der Waals surface area contributed by atoms with E-state index in [2.05, 4.69) is 54.3 Å². The molecule has 3 rings (SSSR count). The van der Waals surface area contributed by atoms with Crippen LogP contribution in [0.15, 0.2) is 18.2 Å². The number of rotatable bonds is 1. The molecule has 1 aliphatic heterocycles. The first-order chi connectivity index (χ1) is 8.93. The summed E-state index contributed by atoms with van der Waals surface area (Å²) in [6.45, 7) is 6.99. The molecule has 2 aromatic rings. The highest BCUT2D eigenvalue weighted by Gasteiger charge is 2.27. The number of H-pyrrole nitrogens is 1. The Morgan fingerprint density at radius 3 is 2.74 bits per heavy atom. The highest BCUT2D eigenvalue weighted by Crippen LogP contribution is 2.28. The first-order valence-electron chi connectivity index (χ1n) is 6.81. The van der Waals surface area contributed by atoms with Gasteiger partial charge in [0.1, 0.15) is 12.0 Å². The predicted molar refractivity (Wildman–Crippen MR) is 75.1 cm³/mol. The summed E-state index contributed by atoms with van der Waals surface area (Å²) in [5.74, 6) is 0.848. The molecule has 102 valence electrons. The lowest BCUT2D eigenvalue weighted by molar-refractivity contribution is 0.355. The summed E-state index contributed by atoms with van der Waals surface area (Å²) >= 11 is 0. The Bertz CT molecular complexity index is 597. The van der Waals surface area contributed by atoms with E-state index in [4.69, 9.17) is 0 Å². The van der Waals surface area contributed by atoms with Crippen LogP contribution in [0.5, 0.6) is 0 Å². The minimum Gasteiger partial charge on any atom is -0.341 e. The van der Waals surface area contributed by atoms with Crippen molar-refractivity contribution in [3.05, 3.63) is 29.6 Å². The van der Waals surface area contributed by atoms with Crippen molar-refractivity contribution >= 4 is 11.0 Å². The lowest BCUT2D eigenvalue weighted by atomic mass is 9.87. The maximum atomic E-state index is 13.2. The fraction of sp³-hybridized carbons (Fsp3) is 0.533. The molecule has 1 aromatic carbocycles. The molecule has 4 heteroatoms. The zero-order valence-electron chi connectivity index (χ0n) is 11.6. The Morgan fingerprint density at radius 2 is 2.11 bits per heavy atom. The fourth-order valence-corrected chi connectivity index (χ4v) is 2.56. The average molecular weight is 261 g/mol. The van der Waals surface area contributed by atoms with Gasteiger partial charge in [0.25, 0.3) is 0 Å². The first kappa shape index (κ1) is 12.6. The van der Waals surface area contributed by atoms with Crippen LogP contribution in [0.3, 0.4) is 0 Å². The van der Waals surface area contributed by atoms with Crippen molar-refractivity contribution in [3.63, 3.8) is 0 Å². The highest BCUT2D eigenvalue weighted by molar-refractivity contribution is 5.76. The van der Waals surface area contributed by atoms with Gasteiger partial charge in [-0.2, -0.15) is 0 Å². The Balaban J connectivity index is 1.97. The van der Waals surface area contributed by atoms with Gasteiger partial charge >= 0.3 is 0 Å². The Kier molecular flexibility index (Phi) is 2.86. The smallest absolute Gasteiger partial charge is 0.124 e. The summed E-state index contributed by atoms with van der Waals surface area (Å²) in [6.07, 6.45) is -0.255. The monoisotopic (exact) mass is 261 g/mol. The SMILES string of the molecule is CC(C)(C)c1ccc2[nH]c([C@@H]3C[C@H](F)CN3)nc2c1. The standard InChI is InChI=1S/C15H20FN3/c1-15(2,3)9-4-5-11-12(6-9)19-14(18-11)13-7-10(16)8-17-13/h4-6,10,13,17H,7-8H2,1-3H3,(H,18,19)/t10-,13-/m0/s1. The number of halogens is 1. The normalized spacial score (nSPS) is 24.2. The van der Waals surface area contributed by atoms with E-state index < -0.39 is 6.17 Å². The van der Waals surface area contributed by atoms with Gasteiger partial charge in [-0.3, -0.25) is 0 Å². The number of imidazole rings is 1. The molecule has 1 fully saturated rings. The van der Waals surface area contributed by atoms with E-state index in [-0.39, 0.29) is 11.5 Å². The number of hydrogen-bond acceptors (Lipinski definition) is 2. The quantitative estimate of drug-likeness (QED) is 0.827. The molecular weight excluding hydrogens is 241 g/mol. The molecule has 0 aliphatic carbocycles. The molecule has 2 N–H and O–H groups in total. The van der Waals surface area contributed by atoms with Gasteiger partial charge in [-0.05, 0) is 23.1 Å². The molecule has 0 radical (unpaired) electrons. The van der Waals surface area contributed by atoms with Gasteiger partial charge in [-0.1, -0.05) is 26.8 Å². The van der Waals surface area contributed by atoms with Crippen molar-refractivity contribution in [2.75, 3.05) is 6.54 Å². The maximum absolute atomic E-state index is 13.2. The molecule has 2 atom stereocenters. The van der Waals surface area contributed by atoms with Crippen LogP contribution in [0.4, 0.5) is 4.39 Å². The first-order valence-corrected chi connectivity index (χ1v) is 6.81. The van der Waals surface area contributed by atoms with E-state index in [0.29, 0.717) is 13.0 Å². The number of aromatic nitrogens is 2. The molecule has 2 heterocycles. The molecule has 1 aromatic heterocycles. The van der Waals surface area contributed by atoms with Gasteiger partial charge in [0.2, 0.25) is 0 Å². The Morgan fingerprint density at radius 1 is 1.32 bits per heavy atom. The average Bonchev–Trinajstić information content (AvgIpc) is 2.92. The lowest BCUT2D eigenvalue weighted by Gasteiger charge is -2.18. The van der Waals surface area contributed by atoms with Crippen LogP contribution in [-0.2, 0) is 5.41 Å². The summed E-state index contributed by atoms with van der Waals surface area (Å²) in [5.41, 5.74) is 3.36. The van der Waals surface area contributed by atoms with E-state index in [9.17, 15) is 4.39 Å². The molecule has 3 nitrogen and oxygen atoms in total. The van der Waals surface area contributed by atoms with Crippen LogP contribution < -0.4 is 5.32 Å². The highest BCUT2D eigenvalue weighted by atomic mass is 19.1. The topological polar surface area (TPSA) is 40.7 Å². The second-order valence-electron chi connectivity index (χ2n) is 6.40. The van der Waals surface area contributed by atoms with Crippen LogP contribution >= 0.6 is 0 Å². The van der Waals surface area contributed by atoms with E-state index in [0.717, 1.165) is 16.9 Å². The van der Waals surface area contributed by atoms with Gasteiger partial charge in [0.05, 0.1) is 17.1 Å². The van der Waals surface area contributed by atoms with Crippen LogP contribution in [0, 0.1) is 0 Å². The number of alkyl halides is 1. The second-order valence-corrected chi connectivity index (χ2v) is 6.40. The van der Waals surface area contributed by atoms with E-state index in [1.54, 1.807) is 0 Å². The van der Waals surface area contributed by atoms with Crippen molar-refractivity contribution in [3.8, 4) is 0 Å². The Hall–Kier alpha value is -1.42. The van der Waals surface area contributed by atoms with E-state index in [1.165, 1.54) is 5.56 Å². The van der Waals surface area contributed by atoms with Gasteiger partial charge in [0.15, 0.2) is 0 Å². The van der Waals surface area contributed by atoms with Crippen molar-refractivity contribution < 1.29 is 4.39 Å². The number of fused-ring (bicyclic) bond motifs is 1. The van der Waals surface area contributed by atoms with E-state index in [1.807, 2.05) is 0 Å². The lowest BCUT2D eigenvalue weighted by Crippen LogP contribution is -2.14. The molecule has 0 saturated carbocycles. The zero-order chi connectivity index (χ0) is 13.6. The van der Waals surface area contributed by atoms with Crippen LogP contribution in [-0.4, -0.2) is 22.7 Å². The van der Waals surface area contributed by atoms with Gasteiger partial charge in [-0.25, -0.2) is 9.37 Å². The maximum Gasteiger partial charge on any atom is 0.124 e. The minimum atomic E-state index is -0.761. The van der Waals surface area contributed by atoms with Crippen molar-refractivity contribution in [2.45, 2.75) is 44.8 Å². The summed E-state index contributed by atoms with van der Waals surface area (Å²) in [5, 5.41) is 3.16. The minimum absolute atomic E-state index is 0.0143. The summed E-state index contributed by atoms with van der Waals surface area (Å²) in [4.78, 5) is 7.92. The molecule has 0 bridgehead atoms. The summed E-state index contributed by atoms with van der Waals surface area (Å²) in [7, 11) is 0. The largest absolute Gasteiger partial charge is 0.341 e. The molecule has 1 saturated heterocycles. The van der Waals surface area contributed by atoms with Crippen molar-refractivity contribution in [1.82, 2.24) is 15.3 Å². The third-order valence-corrected chi connectivity index (χ3v) is 3.77. The molecule has 19 heavy (non-hydrogen) atoms. The molecule has 0 amide bonds. The summed E-state index contributed by atoms with van der Waals surface area (Å²) < 4.78 is 13.2. The number of nitrogens with zero attached hydrogens (tertiary/aromatic N) is 1. The van der Waals surface area contributed by atoms with Gasteiger partial charge in [0, 0.05) is 13.0 Å². The van der Waals surface area contributed by atoms with Gasteiger partial charge < -0.3 is 10.3 Å². The molecule has 0 unspecified atom stereocenters. The van der Waals surface area contributed by atoms with Crippen molar-refractivity contribution in [2.24, 2.45) is 0 Å². The third kappa shape index (κ3) is 2.37. The summed E-state index contributed by atoms with van der Waals surface area (Å²) in [6, 6.07) is 6.33. The second kappa shape index (κ2) is 4.30. The van der Waals surface area contributed by atoms with Gasteiger partial charge in [-0.15, -0.1) is 0 Å². The number of benzene rings is 1. The fourth-order valence-electron chi connectivity index (χ4n) is 2.56. The number of aromatic amines is 1. The molecular formula is C15H20FN3.